The van der Waals surface area contributed by atoms with Crippen molar-refractivity contribution in [3.05, 3.63) is 32.7 Å². The predicted octanol–water partition coefficient (Wildman–Crippen LogP) is 1.78. The summed E-state index contributed by atoms with van der Waals surface area (Å²) in [5, 5.41) is 0.567. The lowest BCUT2D eigenvalue weighted by Crippen LogP contribution is -2.23. The molecule has 14 heavy (non-hydrogen) atoms. The minimum Gasteiger partial charge on any atom is -0.326 e. The Labute approximate surface area is 88.3 Å². The van der Waals surface area contributed by atoms with Crippen LogP contribution >= 0.6 is 11.6 Å². The van der Waals surface area contributed by atoms with Gasteiger partial charge in [-0.05, 0) is 6.07 Å². The van der Waals surface area contributed by atoms with Gasteiger partial charge in [0.15, 0.2) is 0 Å². The number of nitrogens with one attached hydrogen (secondary N) is 1. The van der Waals surface area contributed by atoms with E-state index in [2.05, 4.69) is 4.98 Å². The summed E-state index contributed by atoms with van der Waals surface area (Å²) in [6.07, 6.45) is 0. The maximum absolute atomic E-state index is 11.5. The van der Waals surface area contributed by atoms with E-state index < -0.39 is 0 Å². The third-order valence-corrected chi connectivity index (χ3v) is 2.34. The van der Waals surface area contributed by atoms with Crippen molar-refractivity contribution in [2.24, 2.45) is 5.73 Å². The summed E-state index contributed by atoms with van der Waals surface area (Å²) in [4.78, 5) is 14.2. The number of H-pyrrole nitrogens is 1. The molecule has 0 aliphatic heterocycles. The Morgan fingerprint density at radius 2 is 2.07 bits per heavy atom. The highest BCUT2D eigenvalue weighted by Gasteiger charge is 2.19. The molecule has 0 amide bonds. The molecule has 1 aromatic heterocycles. The monoisotopic (exact) mass is 214 g/mol. The van der Waals surface area contributed by atoms with Crippen LogP contribution in [0.25, 0.3) is 0 Å². The zero-order valence-electron chi connectivity index (χ0n) is 8.65. The lowest BCUT2D eigenvalue weighted by molar-refractivity contribution is 0.566. The van der Waals surface area contributed by atoms with Gasteiger partial charge in [-0.1, -0.05) is 32.4 Å². The number of nitrogens with two attached hydrogens (primary N) is 1. The normalized spacial score (nSPS) is 11.8. The number of pyridine rings is 1. The largest absolute Gasteiger partial charge is 0.326 e. The van der Waals surface area contributed by atoms with Crippen LogP contribution in [0.1, 0.15) is 32.0 Å². The van der Waals surface area contributed by atoms with Gasteiger partial charge in [0.05, 0.1) is 5.02 Å². The fraction of sp³-hybridized carbons (Fsp3) is 0.500. The van der Waals surface area contributed by atoms with Crippen molar-refractivity contribution >= 4 is 11.6 Å². The van der Waals surface area contributed by atoms with Gasteiger partial charge in [-0.3, -0.25) is 4.79 Å². The van der Waals surface area contributed by atoms with E-state index in [0.717, 1.165) is 5.69 Å². The summed E-state index contributed by atoms with van der Waals surface area (Å²) in [5.41, 5.74) is 6.35. The van der Waals surface area contributed by atoms with Crippen LogP contribution in [-0.4, -0.2) is 4.98 Å². The first kappa shape index (κ1) is 11.3. The van der Waals surface area contributed by atoms with Gasteiger partial charge >= 0.3 is 0 Å². The zero-order valence-corrected chi connectivity index (χ0v) is 9.40. The minimum atomic E-state index is -0.163. The topological polar surface area (TPSA) is 58.9 Å². The first-order valence-electron chi connectivity index (χ1n) is 4.48. The second-order valence-corrected chi connectivity index (χ2v) is 4.71. The van der Waals surface area contributed by atoms with E-state index in [0.29, 0.717) is 10.6 Å². The lowest BCUT2D eigenvalue weighted by Gasteiger charge is -2.20. The molecular weight excluding hydrogens is 200 g/mol. The van der Waals surface area contributed by atoms with Crippen molar-refractivity contribution in [1.29, 1.82) is 0 Å². The van der Waals surface area contributed by atoms with Crippen LogP contribution in [0.5, 0.6) is 0 Å². The Bertz CT molecular complexity index is 390. The summed E-state index contributed by atoms with van der Waals surface area (Å²) in [5.74, 6) is 0. The maximum Gasteiger partial charge on any atom is 0.252 e. The van der Waals surface area contributed by atoms with E-state index in [1.165, 1.54) is 0 Å². The van der Waals surface area contributed by atoms with E-state index in [9.17, 15) is 4.79 Å². The molecule has 0 bridgehead atoms. The van der Waals surface area contributed by atoms with Gasteiger partial charge in [0.2, 0.25) is 0 Å². The van der Waals surface area contributed by atoms with Crippen LogP contribution in [0.4, 0.5) is 0 Å². The number of aromatic nitrogens is 1. The van der Waals surface area contributed by atoms with Gasteiger partial charge in [-0.25, -0.2) is 0 Å². The number of hydrogen-bond donors (Lipinski definition) is 2. The molecule has 0 atom stereocenters. The number of hydrogen-bond acceptors (Lipinski definition) is 2. The van der Waals surface area contributed by atoms with Crippen LogP contribution in [0.15, 0.2) is 10.9 Å². The van der Waals surface area contributed by atoms with Crippen molar-refractivity contribution in [3.8, 4) is 0 Å². The molecule has 0 saturated heterocycles. The molecule has 0 aliphatic rings. The standard InChI is InChI=1S/C10H15ClN2O/c1-10(2,3)8-7(11)4-6(5-12)9(14)13-8/h4H,5,12H2,1-3H3,(H,13,14). The van der Waals surface area contributed by atoms with Crippen LogP contribution < -0.4 is 11.3 Å². The number of rotatable bonds is 1. The van der Waals surface area contributed by atoms with E-state index in [1.807, 2.05) is 20.8 Å². The van der Waals surface area contributed by atoms with E-state index in [-0.39, 0.29) is 17.5 Å². The Morgan fingerprint density at radius 1 is 1.50 bits per heavy atom. The number of aromatic amines is 1. The Hall–Kier alpha value is -0.800. The molecule has 0 spiro atoms. The Kier molecular flexibility index (Phi) is 3.02. The molecule has 0 aliphatic carbocycles. The summed E-state index contributed by atoms with van der Waals surface area (Å²) >= 11 is 6.04. The number of halogens is 1. The van der Waals surface area contributed by atoms with Crippen molar-refractivity contribution in [1.82, 2.24) is 4.98 Å². The van der Waals surface area contributed by atoms with Crippen LogP contribution in [0.2, 0.25) is 5.02 Å². The molecule has 1 aromatic rings. The summed E-state index contributed by atoms with van der Waals surface area (Å²) in [6, 6.07) is 1.64. The molecule has 3 N–H and O–H groups in total. The second-order valence-electron chi connectivity index (χ2n) is 4.30. The fourth-order valence-electron chi connectivity index (χ4n) is 1.24. The highest BCUT2D eigenvalue weighted by Crippen LogP contribution is 2.26. The fourth-order valence-corrected chi connectivity index (χ4v) is 1.70. The molecule has 0 aromatic carbocycles. The summed E-state index contributed by atoms with van der Waals surface area (Å²) in [7, 11) is 0. The highest BCUT2D eigenvalue weighted by atomic mass is 35.5. The Balaban J connectivity index is 3.37. The molecule has 1 heterocycles. The van der Waals surface area contributed by atoms with E-state index >= 15 is 0 Å². The highest BCUT2D eigenvalue weighted by molar-refractivity contribution is 6.31. The molecule has 1 rings (SSSR count). The molecule has 78 valence electrons. The third kappa shape index (κ3) is 2.16. The van der Waals surface area contributed by atoms with Crippen molar-refractivity contribution in [2.75, 3.05) is 0 Å². The van der Waals surface area contributed by atoms with Gasteiger partial charge in [-0.15, -0.1) is 0 Å². The first-order chi connectivity index (χ1) is 6.36. The lowest BCUT2D eigenvalue weighted by atomic mass is 9.91. The van der Waals surface area contributed by atoms with Gasteiger partial charge in [0, 0.05) is 23.2 Å². The predicted molar refractivity (Wildman–Crippen MR) is 58.7 cm³/mol. The first-order valence-corrected chi connectivity index (χ1v) is 4.86. The third-order valence-electron chi connectivity index (χ3n) is 2.04. The molecule has 0 unspecified atom stereocenters. The van der Waals surface area contributed by atoms with Crippen LogP contribution in [0, 0.1) is 0 Å². The second kappa shape index (κ2) is 3.75. The molecule has 4 heteroatoms. The molecule has 3 nitrogen and oxygen atoms in total. The average Bonchev–Trinajstić information content (AvgIpc) is 2.06. The SMILES string of the molecule is CC(C)(C)c1[nH]c(=O)c(CN)cc1Cl. The Morgan fingerprint density at radius 3 is 2.50 bits per heavy atom. The van der Waals surface area contributed by atoms with Crippen molar-refractivity contribution in [2.45, 2.75) is 32.7 Å². The van der Waals surface area contributed by atoms with Gasteiger partial charge in [0.25, 0.3) is 5.56 Å². The smallest absolute Gasteiger partial charge is 0.252 e. The van der Waals surface area contributed by atoms with Crippen molar-refractivity contribution in [3.63, 3.8) is 0 Å². The van der Waals surface area contributed by atoms with Gasteiger partial charge in [0.1, 0.15) is 0 Å². The van der Waals surface area contributed by atoms with Gasteiger partial charge in [-0.2, -0.15) is 0 Å². The zero-order chi connectivity index (χ0) is 10.9. The summed E-state index contributed by atoms with van der Waals surface area (Å²) < 4.78 is 0. The van der Waals surface area contributed by atoms with Crippen molar-refractivity contribution < 1.29 is 0 Å². The summed E-state index contributed by atoms with van der Waals surface area (Å²) in [6.45, 7) is 6.18. The molecular formula is C10H15ClN2O. The molecule has 0 radical (unpaired) electrons. The minimum absolute atomic E-state index is 0.151. The maximum atomic E-state index is 11.5. The van der Waals surface area contributed by atoms with E-state index in [4.69, 9.17) is 17.3 Å². The quantitative estimate of drug-likeness (QED) is 0.749. The van der Waals surface area contributed by atoms with Crippen LogP contribution in [-0.2, 0) is 12.0 Å². The van der Waals surface area contributed by atoms with Gasteiger partial charge < -0.3 is 10.7 Å². The average molecular weight is 215 g/mol. The van der Waals surface area contributed by atoms with E-state index in [1.54, 1.807) is 6.07 Å². The molecule has 0 saturated carbocycles. The van der Waals surface area contributed by atoms with Crippen LogP contribution in [0.3, 0.4) is 0 Å². The molecule has 0 fully saturated rings.